The zero-order chi connectivity index (χ0) is 27.7. The van der Waals surface area contributed by atoms with Crippen LogP contribution in [-0.4, -0.2) is 53.5 Å². The number of carbonyl (C=O) groups excluding carboxylic acids is 1. The molecule has 3 rings (SSSR count). The Bertz CT molecular complexity index is 1110. The van der Waals surface area contributed by atoms with Gasteiger partial charge in [-0.25, -0.2) is 4.98 Å². The van der Waals surface area contributed by atoms with Gasteiger partial charge in [-0.1, -0.05) is 12.1 Å². The molecule has 1 aliphatic heterocycles. The number of carbonyl (C=O) groups is 1. The Morgan fingerprint density at radius 3 is 2.53 bits per heavy atom. The van der Waals surface area contributed by atoms with E-state index in [1.807, 2.05) is 0 Å². The second-order valence-corrected chi connectivity index (χ2v) is 8.49. The summed E-state index contributed by atoms with van der Waals surface area (Å²) in [5, 5.41) is 25.7. The maximum absolute atomic E-state index is 13.1. The fraction of sp³-hybridized carbons (Fsp3) is 0.440. The summed E-state index contributed by atoms with van der Waals surface area (Å²) < 4.78 is 50.8. The molecule has 13 heteroatoms. The number of nitro groups is 1. The van der Waals surface area contributed by atoms with Gasteiger partial charge in [-0.3, -0.25) is 14.9 Å². The predicted octanol–water partition coefficient (Wildman–Crippen LogP) is 3.99. The number of benzene rings is 1. The molecule has 0 radical (unpaired) electrons. The first-order chi connectivity index (χ1) is 18.1. The first-order valence-electron chi connectivity index (χ1n) is 12.0. The van der Waals surface area contributed by atoms with Gasteiger partial charge in [-0.15, -0.1) is 0 Å². The lowest BCUT2D eigenvalue weighted by Gasteiger charge is -2.37. The number of ether oxygens (including phenoxy) is 2. The molecule has 1 aliphatic rings. The summed E-state index contributed by atoms with van der Waals surface area (Å²) >= 11 is 0. The minimum atomic E-state index is -4.47. The lowest BCUT2D eigenvalue weighted by atomic mass is 9.80. The largest absolute Gasteiger partial charge is 0.459 e. The molecule has 10 nitrogen and oxygen atoms in total. The number of pyridine rings is 1. The summed E-state index contributed by atoms with van der Waals surface area (Å²) in [5.41, 5.74) is -0.363. The number of amides is 1. The number of aliphatic hydroxyl groups is 1. The van der Waals surface area contributed by atoms with Crippen molar-refractivity contribution in [2.75, 3.05) is 31.6 Å². The van der Waals surface area contributed by atoms with Crippen molar-refractivity contribution in [1.82, 2.24) is 10.3 Å². The summed E-state index contributed by atoms with van der Waals surface area (Å²) in [7, 11) is 0. The number of anilines is 1. The molecular weight excluding hydrogens is 509 g/mol. The molecule has 3 N–H and O–H groups in total. The van der Waals surface area contributed by atoms with E-state index in [1.165, 1.54) is 24.3 Å². The van der Waals surface area contributed by atoms with Crippen molar-refractivity contribution in [3.05, 3.63) is 75.7 Å². The quantitative estimate of drug-likeness (QED) is 0.210. The summed E-state index contributed by atoms with van der Waals surface area (Å²) in [6, 6.07) is 7.49. The van der Waals surface area contributed by atoms with Crippen LogP contribution >= 0.6 is 0 Å². The zero-order valence-electron chi connectivity index (χ0n) is 20.6. The molecule has 0 fully saturated rings. The van der Waals surface area contributed by atoms with E-state index in [0.717, 1.165) is 18.3 Å². The first-order valence-corrected chi connectivity index (χ1v) is 12.0. The standard InChI is InChI=1S/C25H29F3N4O6/c1-2-37-24-19(4-3-13-33)20(16-5-7-17(8-6-16)25(26,27)28)14-21(38-24)23(34)30-12-11-29-22-10-9-18(15-31-22)32(35)36/h5-10,14-15,19-20,24,33H,2-4,11-13H2,1H3,(H,29,31)(H,30,34)/t19-,20-,24-/m1/s1. The van der Waals surface area contributed by atoms with Crippen molar-refractivity contribution < 1.29 is 37.5 Å². The summed E-state index contributed by atoms with van der Waals surface area (Å²) in [4.78, 5) is 27.0. The molecule has 2 heterocycles. The van der Waals surface area contributed by atoms with Crippen LogP contribution in [0.2, 0.25) is 0 Å². The van der Waals surface area contributed by atoms with Gasteiger partial charge in [0.25, 0.3) is 11.6 Å². The van der Waals surface area contributed by atoms with E-state index >= 15 is 0 Å². The van der Waals surface area contributed by atoms with Crippen molar-refractivity contribution in [2.24, 2.45) is 5.92 Å². The van der Waals surface area contributed by atoms with E-state index in [0.29, 0.717) is 24.2 Å². The number of rotatable bonds is 12. The molecular formula is C25H29F3N4O6. The monoisotopic (exact) mass is 538 g/mol. The Kier molecular flexibility index (Phi) is 10.0. The maximum Gasteiger partial charge on any atom is 0.416 e. The molecule has 38 heavy (non-hydrogen) atoms. The van der Waals surface area contributed by atoms with E-state index in [2.05, 4.69) is 15.6 Å². The van der Waals surface area contributed by atoms with Crippen LogP contribution in [0, 0.1) is 16.0 Å². The number of aliphatic hydroxyl groups excluding tert-OH is 1. The van der Waals surface area contributed by atoms with Crippen LogP contribution in [0.3, 0.4) is 0 Å². The highest BCUT2D eigenvalue weighted by atomic mass is 19.4. The van der Waals surface area contributed by atoms with Gasteiger partial charge in [-0.2, -0.15) is 13.2 Å². The summed E-state index contributed by atoms with van der Waals surface area (Å²) in [5.74, 6) is -1.00. The first kappa shape index (κ1) is 28.9. The molecule has 0 saturated carbocycles. The van der Waals surface area contributed by atoms with Gasteiger partial charge in [0.2, 0.25) is 6.29 Å². The molecule has 206 valence electrons. The van der Waals surface area contributed by atoms with E-state index in [9.17, 15) is 33.2 Å². The number of nitrogens with one attached hydrogen (secondary N) is 2. The number of alkyl halides is 3. The molecule has 1 aromatic heterocycles. The van der Waals surface area contributed by atoms with Gasteiger partial charge in [0.05, 0.1) is 10.5 Å². The molecule has 1 aromatic carbocycles. The van der Waals surface area contributed by atoms with Crippen LogP contribution in [0.25, 0.3) is 0 Å². The Morgan fingerprint density at radius 1 is 1.21 bits per heavy atom. The van der Waals surface area contributed by atoms with Gasteiger partial charge in [0.1, 0.15) is 12.0 Å². The highest BCUT2D eigenvalue weighted by Gasteiger charge is 2.38. The highest BCUT2D eigenvalue weighted by molar-refractivity contribution is 5.91. The minimum absolute atomic E-state index is 0.0259. The third-order valence-corrected chi connectivity index (χ3v) is 5.93. The highest BCUT2D eigenvalue weighted by Crippen LogP contribution is 2.40. The number of allylic oxidation sites excluding steroid dienone is 1. The van der Waals surface area contributed by atoms with Gasteiger partial charge in [-0.05, 0) is 49.6 Å². The van der Waals surface area contributed by atoms with Crippen LogP contribution in [0.1, 0.15) is 36.8 Å². The number of hydrogen-bond acceptors (Lipinski definition) is 8. The molecule has 0 saturated heterocycles. The lowest BCUT2D eigenvalue weighted by Crippen LogP contribution is -2.39. The van der Waals surface area contributed by atoms with Crippen LogP contribution in [0.15, 0.2) is 54.4 Å². The minimum Gasteiger partial charge on any atom is -0.459 e. The zero-order valence-corrected chi connectivity index (χ0v) is 20.6. The van der Waals surface area contributed by atoms with Crippen LogP contribution in [0.4, 0.5) is 24.7 Å². The second-order valence-electron chi connectivity index (χ2n) is 8.49. The smallest absolute Gasteiger partial charge is 0.416 e. The third-order valence-electron chi connectivity index (χ3n) is 5.93. The molecule has 1 amide bonds. The number of halogens is 3. The number of hydrogen-bond donors (Lipinski definition) is 3. The SMILES string of the molecule is CCO[C@@H]1OC(C(=O)NCCNc2ccc([N+](=O)[O-])cn2)=C[C@H](c2ccc(C(F)(F)F)cc2)[C@H]1CCCO. The Labute approximate surface area is 217 Å². The Hall–Kier alpha value is -3.71. The number of aromatic nitrogens is 1. The van der Waals surface area contributed by atoms with Crippen molar-refractivity contribution in [3.63, 3.8) is 0 Å². The van der Waals surface area contributed by atoms with Crippen LogP contribution < -0.4 is 10.6 Å². The van der Waals surface area contributed by atoms with E-state index < -0.39 is 34.8 Å². The normalized spacial score (nSPS) is 19.3. The van der Waals surface area contributed by atoms with Crippen molar-refractivity contribution >= 4 is 17.4 Å². The maximum atomic E-state index is 13.1. The van der Waals surface area contributed by atoms with E-state index in [1.54, 1.807) is 13.0 Å². The van der Waals surface area contributed by atoms with Gasteiger partial charge in [0.15, 0.2) is 5.76 Å². The number of nitrogens with zero attached hydrogens (tertiary/aromatic N) is 2. The second kappa shape index (κ2) is 13.2. The van der Waals surface area contributed by atoms with Crippen molar-refractivity contribution in [2.45, 2.75) is 38.1 Å². The topological polar surface area (TPSA) is 136 Å². The Balaban J connectivity index is 1.73. The molecule has 0 spiro atoms. The van der Waals surface area contributed by atoms with Gasteiger partial charge < -0.3 is 25.2 Å². The predicted molar refractivity (Wildman–Crippen MR) is 131 cm³/mol. The molecule has 0 unspecified atom stereocenters. The average molecular weight is 539 g/mol. The van der Waals surface area contributed by atoms with Gasteiger partial charge >= 0.3 is 6.18 Å². The van der Waals surface area contributed by atoms with E-state index in [4.69, 9.17) is 9.47 Å². The van der Waals surface area contributed by atoms with Crippen LogP contribution in [-0.2, 0) is 20.4 Å². The molecule has 0 bridgehead atoms. The lowest BCUT2D eigenvalue weighted by molar-refractivity contribution is -0.385. The van der Waals surface area contributed by atoms with Crippen LogP contribution in [0.5, 0.6) is 0 Å². The summed E-state index contributed by atoms with van der Waals surface area (Å²) in [6.07, 6.45) is -1.74. The fourth-order valence-corrected chi connectivity index (χ4v) is 4.09. The van der Waals surface area contributed by atoms with E-state index in [-0.39, 0.29) is 43.7 Å². The molecule has 2 aromatic rings. The molecule has 3 atom stereocenters. The van der Waals surface area contributed by atoms with Gasteiger partial charge in [0, 0.05) is 44.2 Å². The fourth-order valence-electron chi connectivity index (χ4n) is 4.09. The Morgan fingerprint density at radius 2 is 1.95 bits per heavy atom. The third kappa shape index (κ3) is 7.65. The van der Waals surface area contributed by atoms with Crippen molar-refractivity contribution in [1.29, 1.82) is 0 Å². The van der Waals surface area contributed by atoms with Crippen molar-refractivity contribution in [3.8, 4) is 0 Å². The average Bonchev–Trinajstić information content (AvgIpc) is 2.90. The summed E-state index contributed by atoms with van der Waals surface area (Å²) in [6.45, 7) is 2.38. The molecule has 0 aliphatic carbocycles.